The molecule has 0 aromatic rings. The summed E-state index contributed by atoms with van der Waals surface area (Å²) in [5.74, 6) is 0. The summed E-state index contributed by atoms with van der Waals surface area (Å²) in [4.78, 5) is 0. The van der Waals surface area contributed by atoms with Crippen LogP contribution in [0.1, 0.15) is 0 Å². The molecule has 2 nitrogen and oxygen atoms in total. The van der Waals surface area contributed by atoms with E-state index in [0.29, 0.717) is 0 Å². The van der Waals surface area contributed by atoms with Gasteiger partial charge in [0.15, 0.2) is 0 Å². The van der Waals surface area contributed by atoms with E-state index in [0.717, 1.165) is 0 Å². The molecule has 0 aliphatic carbocycles. The van der Waals surface area contributed by atoms with E-state index in [2.05, 4.69) is 6.58 Å². The monoisotopic (exact) mass is 122 g/mol. The van der Waals surface area contributed by atoms with Gasteiger partial charge >= 0.3 is 0 Å². The Hall–Kier alpha value is -0.0500. The SMILES string of the molecule is C=C(Cl)[C@@H](O)CO. The minimum Gasteiger partial charge on any atom is -0.393 e. The first-order valence-corrected chi connectivity index (χ1v) is 2.19. The number of aliphatic hydroxyl groups is 2. The molecule has 0 unspecified atom stereocenters. The Morgan fingerprint density at radius 2 is 2.29 bits per heavy atom. The van der Waals surface area contributed by atoms with E-state index in [1.165, 1.54) is 0 Å². The standard InChI is InChI=1S/C4H7ClO2/c1-3(5)4(7)2-6/h4,6-7H,1-2H2/t4-/m0/s1. The summed E-state index contributed by atoms with van der Waals surface area (Å²) in [6.07, 6.45) is -0.971. The highest BCUT2D eigenvalue weighted by molar-refractivity contribution is 6.29. The number of halogens is 1. The van der Waals surface area contributed by atoms with E-state index in [1.807, 2.05) is 0 Å². The van der Waals surface area contributed by atoms with Gasteiger partial charge in [-0.15, -0.1) is 0 Å². The van der Waals surface area contributed by atoms with Crippen LogP contribution in [0, 0.1) is 0 Å². The Balaban J connectivity index is 3.34. The smallest absolute Gasteiger partial charge is 0.112 e. The van der Waals surface area contributed by atoms with Gasteiger partial charge in [-0.3, -0.25) is 0 Å². The van der Waals surface area contributed by atoms with Gasteiger partial charge in [0.2, 0.25) is 0 Å². The van der Waals surface area contributed by atoms with Crippen LogP contribution < -0.4 is 0 Å². The molecule has 0 fully saturated rings. The minimum absolute atomic E-state index is 0.0718. The summed E-state index contributed by atoms with van der Waals surface area (Å²) in [5, 5.41) is 16.6. The summed E-state index contributed by atoms with van der Waals surface area (Å²) < 4.78 is 0. The molecule has 0 saturated carbocycles. The van der Waals surface area contributed by atoms with E-state index in [9.17, 15) is 0 Å². The number of aliphatic hydroxyl groups excluding tert-OH is 2. The van der Waals surface area contributed by atoms with Crippen LogP contribution in [0.15, 0.2) is 11.6 Å². The lowest BCUT2D eigenvalue weighted by molar-refractivity contribution is 0.128. The Kier molecular flexibility index (Phi) is 3.00. The van der Waals surface area contributed by atoms with Gasteiger partial charge in [-0.25, -0.2) is 0 Å². The van der Waals surface area contributed by atoms with Crippen molar-refractivity contribution in [1.82, 2.24) is 0 Å². The molecule has 7 heavy (non-hydrogen) atoms. The molecule has 42 valence electrons. The van der Waals surface area contributed by atoms with Crippen molar-refractivity contribution in [2.24, 2.45) is 0 Å². The molecule has 0 radical (unpaired) electrons. The maximum Gasteiger partial charge on any atom is 0.112 e. The Labute approximate surface area is 47.0 Å². The fourth-order valence-electron chi connectivity index (χ4n) is 0.0991. The van der Waals surface area contributed by atoms with Gasteiger partial charge < -0.3 is 10.2 Å². The van der Waals surface area contributed by atoms with Gasteiger partial charge in [0, 0.05) is 5.03 Å². The second-order valence-electron chi connectivity index (χ2n) is 1.15. The van der Waals surface area contributed by atoms with Crippen LogP contribution in [0.4, 0.5) is 0 Å². The minimum atomic E-state index is -0.971. The van der Waals surface area contributed by atoms with Crippen molar-refractivity contribution in [2.75, 3.05) is 6.61 Å². The molecule has 0 aliphatic heterocycles. The lowest BCUT2D eigenvalue weighted by atomic mass is 10.4. The second-order valence-corrected chi connectivity index (χ2v) is 1.63. The zero-order chi connectivity index (χ0) is 5.86. The molecule has 0 spiro atoms. The molecule has 0 saturated heterocycles. The largest absolute Gasteiger partial charge is 0.393 e. The van der Waals surface area contributed by atoms with Gasteiger partial charge in [0.05, 0.1) is 6.61 Å². The van der Waals surface area contributed by atoms with Crippen molar-refractivity contribution in [3.05, 3.63) is 11.6 Å². The average Bonchev–Trinajstić information content (AvgIpc) is 1.65. The van der Waals surface area contributed by atoms with E-state index in [-0.39, 0.29) is 11.6 Å². The maximum atomic E-state index is 8.45. The second kappa shape index (κ2) is 3.02. The topological polar surface area (TPSA) is 40.5 Å². The number of rotatable bonds is 2. The summed E-state index contributed by atoms with van der Waals surface area (Å²) >= 11 is 5.12. The quantitative estimate of drug-likeness (QED) is 0.545. The van der Waals surface area contributed by atoms with Crippen LogP contribution in [-0.2, 0) is 0 Å². The van der Waals surface area contributed by atoms with Crippen LogP contribution in [0.5, 0.6) is 0 Å². The summed E-state index contributed by atoms with van der Waals surface area (Å²) in [7, 11) is 0. The molecule has 0 aromatic carbocycles. The third-order valence-electron chi connectivity index (χ3n) is 0.535. The van der Waals surface area contributed by atoms with Crippen LogP contribution in [0.2, 0.25) is 0 Å². The molecule has 0 aliphatic rings. The maximum absolute atomic E-state index is 8.45. The summed E-state index contributed by atoms with van der Waals surface area (Å²) in [5.41, 5.74) is 0. The van der Waals surface area contributed by atoms with Crippen molar-refractivity contribution in [2.45, 2.75) is 6.10 Å². The predicted molar refractivity (Wildman–Crippen MR) is 28.1 cm³/mol. The van der Waals surface area contributed by atoms with Crippen LogP contribution in [0.3, 0.4) is 0 Å². The fourth-order valence-corrected chi connectivity index (χ4v) is 0.168. The highest BCUT2D eigenvalue weighted by Crippen LogP contribution is 2.01. The van der Waals surface area contributed by atoms with E-state index < -0.39 is 6.10 Å². The first-order valence-electron chi connectivity index (χ1n) is 1.81. The average molecular weight is 123 g/mol. The predicted octanol–water partition coefficient (Wildman–Crippen LogP) is 0.0921. The summed E-state index contributed by atoms with van der Waals surface area (Å²) in [6.45, 7) is 2.82. The van der Waals surface area contributed by atoms with Gasteiger partial charge in [0.25, 0.3) is 0 Å². The lowest BCUT2D eigenvalue weighted by Crippen LogP contribution is -2.10. The molecule has 0 aromatic heterocycles. The molecular formula is C4H7ClO2. The fraction of sp³-hybridized carbons (Fsp3) is 0.500. The first kappa shape index (κ1) is 6.95. The van der Waals surface area contributed by atoms with Crippen LogP contribution in [-0.4, -0.2) is 22.9 Å². The first-order chi connectivity index (χ1) is 3.18. The van der Waals surface area contributed by atoms with E-state index in [1.54, 1.807) is 0 Å². The Morgan fingerprint density at radius 1 is 1.86 bits per heavy atom. The molecule has 0 heterocycles. The zero-order valence-electron chi connectivity index (χ0n) is 3.76. The molecule has 1 atom stereocenters. The van der Waals surface area contributed by atoms with Gasteiger partial charge in [-0.05, 0) is 0 Å². The van der Waals surface area contributed by atoms with Gasteiger partial charge in [-0.1, -0.05) is 18.2 Å². The van der Waals surface area contributed by atoms with Crippen molar-refractivity contribution in [3.8, 4) is 0 Å². The molecule has 3 heteroatoms. The highest BCUT2D eigenvalue weighted by atomic mass is 35.5. The molecule has 0 bridgehead atoms. The molecule has 2 N–H and O–H groups in total. The lowest BCUT2D eigenvalue weighted by Gasteiger charge is -2.00. The summed E-state index contributed by atoms with van der Waals surface area (Å²) in [6, 6.07) is 0. The normalized spacial score (nSPS) is 13.6. The highest BCUT2D eigenvalue weighted by Gasteiger charge is 2.00. The van der Waals surface area contributed by atoms with Crippen molar-refractivity contribution < 1.29 is 10.2 Å². The Morgan fingerprint density at radius 3 is 2.29 bits per heavy atom. The Bertz CT molecular complexity index is 72.1. The molecule has 0 amide bonds. The van der Waals surface area contributed by atoms with E-state index >= 15 is 0 Å². The van der Waals surface area contributed by atoms with Crippen molar-refractivity contribution in [1.29, 1.82) is 0 Å². The zero-order valence-corrected chi connectivity index (χ0v) is 4.52. The van der Waals surface area contributed by atoms with E-state index in [4.69, 9.17) is 21.8 Å². The third-order valence-corrected chi connectivity index (χ3v) is 0.786. The number of hydrogen-bond donors (Lipinski definition) is 2. The number of hydrogen-bond acceptors (Lipinski definition) is 2. The van der Waals surface area contributed by atoms with Gasteiger partial charge in [0.1, 0.15) is 6.10 Å². The van der Waals surface area contributed by atoms with Crippen molar-refractivity contribution in [3.63, 3.8) is 0 Å². The third kappa shape index (κ3) is 2.62. The van der Waals surface area contributed by atoms with Crippen LogP contribution in [0.25, 0.3) is 0 Å². The van der Waals surface area contributed by atoms with Crippen LogP contribution >= 0.6 is 11.6 Å². The molecule has 0 rings (SSSR count). The molecular weight excluding hydrogens is 115 g/mol. The van der Waals surface area contributed by atoms with Crippen molar-refractivity contribution >= 4 is 11.6 Å². The van der Waals surface area contributed by atoms with Gasteiger partial charge in [-0.2, -0.15) is 0 Å².